The number of likely N-dealkylation sites (N-methyl/N-ethyl adjacent to an activating group) is 1. The molecule has 35 heavy (non-hydrogen) atoms. The molecular weight excluding hydrogens is 466 g/mol. The van der Waals surface area contributed by atoms with Crippen molar-refractivity contribution in [3.8, 4) is 11.1 Å². The van der Waals surface area contributed by atoms with E-state index in [2.05, 4.69) is 22.4 Å². The van der Waals surface area contributed by atoms with Gasteiger partial charge in [0.1, 0.15) is 17.7 Å². The molecule has 0 spiro atoms. The number of carboxylic acid groups (broad SMARTS) is 1. The van der Waals surface area contributed by atoms with Gasteiger partial charge in [0, 0.05) is 30.5 Å². The van der Waals surface area contributed by atoms with E-state index >= 15 is 0 Å². The molecule has 4 rings (SSSR count). The Kier molecular flexibility index (Phi) is 7.45. The molecule has 1 aliphatic rings. The number of hydrogen-bond acceptors (Lipinski definition) is 6. The first kappa shape index (κ1) is 24.4. The van der Waals surface area contributed by atoms with E-state index in [-0.39, 0.29) is 31.9 Å². The summed E-state index contributed by atoms with van der Waals surface area (Å²) in [4.78, 5) is 42.7. The summed E-state index contributed by atoms with van der Waals surface area (Å²) in [6, 6.07) is 15.0. The van der Waals surface area contributed by atoms with Crippen molar-refractivity contribution < 1.29 is 24.2 Å². The minimum absolute atomic E-state index is 0.0421. The number of nitrogens with zero attached hydrogens (tertiary/aromatic N) is 2. The maximum atomic E-state index is 13.0. The van der Waals surface area contributed by atoms with E-state index in [0.717, 1.165) is 33.0 Å². The van der Waals surface area contributed by atoms with E-state index in [0.29, 0.717) is 0 Å². The number of ether oxygens (including phenoxy) is 1. The second kappa shape index (κ2) is 10.7. The lowest BCUT2D eigenvalue weighted by Crippen LogP contribution is -2.47. The van der Waals surface area contributed by atoms with Gasteiger partial charge in [-0.3, -0.25) is 9.59 Å². The molecule has 8 nitrogen and oxygen atoms in total. The Hall–Kier alpha value is -3.72. The zero-order chi connectivity index (χ0) is 24.9. The molecule has 1 heterocycles. The molecule has 9 heteroatoms. The number of amides is 2. The topological polar surface area (TPSA) is 109 Å². The summed E-state index contributed by atoms with van der Waals surface area (Å²) < 4.78 is 5.55. The smallest absolute Gasteiger partial charge is 0.407 e. The average Bonchev–Trinajstić information content (AvgIpc) is 3.40. The summed E-state index contributed by atoms with van der Waals surface area (Å²) in [5.74, 6) is -1.56. The van der Waals surface area contributed by atoms with E-state index < -0.39 is 24.0 Å². The first-order valence-electron chi connectivity index (χ1n) is 11.3. The Morgan fingerprint density at radius 2 is 1.74 bits per heavy atom. The lowest BCUT2D eigenvalue weighted by atomic mass is 9.98. The highest BCUT2D eigenvalue weighted by molar-refractivity contribution is 7.09. The van der Waals surface area contributed by atoms with Crippen molar-refractivity contribution in [2.75, 3.05) is 13.7 Å². The summed E-state index contributed by atoms with van der Waals surface area (Å²) >= 11 is 1.44. The zero-order valence-corrected chi connectivity index (χ0v) is 20.4. The first-order valence-corrected chi connectivity index (χ1v) is 12.2. The Morgan fingerprint density at radius 3 is 2.31 bits per heavy atom. The lowest BCUT2D eigenvalue weighted by molar-refractivity contribution is -0.138. The van der Waals surface area contributed by atoms with Crippen molar-refractivity contribution in [2.24, 2.45) is 0 Å². The molecule has 0 saturated carbocycles. The lowest BCUT2D eigenvalue weighted by Gasteiger charge is -2.24. The molecule has 1 unspecified atom stereocenters. The Balaban J connectivity index is 1.41. The number of carboxylic acids is 1. The number of carbonyl (C=O) groups excluding carboxylic acids is 2. The molecule has 3 aromatic rings. The van der Waals surface area contributed by atoms with Crippen LogP contribution in [0.5, 0.6) is 0 Å². The van der Waals surface area contributed by atoms with Crippen LogP contribution in [0.1, 0.15) is 40.6 Å². The molecule has 0 saturated heterocycles. The monoisotopic (exact) mass is 493 g/mol. The van der Waals surface area contributed by atoms with Crippen LogP contribution in [0.15, 0.2) is 53.9 Å². The van der Waals surface area contributed by atoms with Gasteiger partial charge in [0.25, 0.3) is 0 Å². The van der Waals surface area contributed by atoms with E-state index in [4.69, 9.17) is 9.84 Å². The van der Waals surface area contributed by atoms with E-state index in [1.54, 1.807) is 7.05 Å². The standard InChI is InChI=1S/C26H27N3O5S/c1-16-15-35-23(27-16)13-29(2)25(32)22(11-12-24(30)31)28-26(33)34-14-21-19-9-5-3-7-17(19)18-8-4-6-10-20(18)21/h3-10,15,21-22H,11-14H2,1-2H3,(H,28,33)(H,30,31). The van der Waals surface area contributed by atoms with Crippen LogP contribution < -0.4 is 5.32 Å². The van der Waals surface area contributed by atoms with Gasteiger partial charge in [0.2, 0.25) is 5.91 Å². The Bertz CT molecular complexity index is 1200. The minimum Gasteiger partial charge on any atom is -0.481 e. The SMILES string of the molecule is Cc1csc(CN(C)C(=O)C(CCC(=O)O)NC(=O)OCC2c3ccccc3-c3ccccc32)n1. The summed E-state index contributed by atoms with van der Waals surface area (Å²) in [5, 5.41) is 14.3. The summed E-state index contributed by atoms with van der Waals surface area (Å²) in [5.41, 5.74) is 5.26. The maximum Gasteiger partial charge on any atom is 0.407 e. The Labute approximate surface area is 207 Å². The largest absolute Gasteiger partial charge is 0.481 e. The number of hydrogen-bond donors (Lipinski definition) is 2. The first-order chi connectivity index (χ1) is 16.8. The van der Waals surface area contributed by atoms with E-state index in [1.807, 2.05) is 48.7 Å². The van der Waals surface area contributed by atoms with Gasteiger partial charge in [-0.25, -0.2) is 9.78 Å². The maximum absolute atomic E-state index is 13.0. The van der Waals surface area contributed by atoms with Crippen molar-refractivity contribution >= 4 is 29.3 Å². The number of thiazole rings is 1. The number of nitrogens with one attached hydrogen (secondary N) is 1. The molecule has 2 aromatic carbocycles. The predicted molar refractivity (Wildman–Crippen MR) is 132 cm³/mol. The molecular formula is C26H27N3O5S. The number of carbonyl (C=O) groups is 3. The Morgan fingerprint density at radius 1 is 1.11 bits per heavy atom. The summed E-state index contributed by atoms with van der Waals surface area (Å²) in [7, 11) is 1.60. The highest BCUT2D eigenvalue weighted by atomic mass is 32.1. The fraction of sp³-hybridized carbons (Fsp3) is 0.308. The van der Waals surface area contributed by atoms with E-state index in [9.17, 15) is 14.4 Å². The van der Waals surface area contributed by atoms with Crippen LogP contribution >= 0.6 is 11.3 Å². The van der Waals surface area contributed by atoms with Crippen molar-refractivity contribution in [2.45, 2.75) is 38.3 Å². The quantitative estimate of drug-likeness (QED) is 0.463. The predicted octanol–water partition coefficient (Wildman–Crippen LogP) is 4.18. The number of benzene rings is 2. The fourth-order valence-electron chi connectivity index (χ4n) is 4.33. The van der Waals surface area contributed by atoms with Gasteiger partial charge in [-0.1, -0.05) is 48.5 Å². The molecule has 0 fully saturated rings. The third kappa shape index (κ3) is 5.68. The average molecular weight is 494 g/mol. The number of rotatable bonds is 9. The number of aryl methyl sites for hydroxylation is 1. The van der Waals surface area contributed by atoms with Crippen molar-refractivity contribution in [1.82, 2.24) is 15.2 Å². The molecule has 1 atom stereocenters. The molecule has 182 valence electrons. The number of alkyl carbamates (subject to hydrolysis) is 1. The van der Waals surface area contributed by atoms with Crippen molar-refractivity contribution in [3.63, 3.8) is 0 Å². The van der Waals surface area contributed by atoms with Gasteiger partial charge >= 0.3 is 12.1 Å². The van der Waals surface area contributed by atoms with Crippen LogP contribution in [0.25, 0.3) is 11.1 Å². The molecule has 2 N–H and O–H groups in total. The van der Waals surface area contributed by atoms with Crippen LogP contribution in [-0.4, -0.2) is 52.7 Å². The molecule has 0 radical (unpaired) electrons. The van der Waals surface area contributed by atoms with Gasteiger partial charge in [0.15, 0.2) is 0 Å². The normalized spacial score (nSPS) is 13.0. The molecule has 1 aromatic heterocycles. The van der Waals surface area contributed by atoms with Gasteiger partial charge < -0.3 is 20.1 Å². The molecule has 0 bridgehead atoms. The van der Waals surface area contributed by atoms with Gasteiger partial charge in [0.05, 0.1) is 6.54 Å². The second-order valence-corrected chi connectivity index (χ2v) is 9.47. The van der Waals surface area contributed by atoms with Crippen LogP contribution in [0, 0.1) is 6.92 Å². The van der Waals surface area contributed by atoms with Crippen LogP contribution in [0.3, 0.4) is 0 Å². The summed E-state index contributed by atoms with van der Waals surface area (Å²) in [6.07, 6.45) is -1.06. The number of aliphatic carboxylic acids is 1. The van der Waals surface area contributed by atoms with E-state index in [1.165, 1.54) is 16.2 Å². The second-order valence-electron chi connectivity index (χ2n) is 8.53. The third-order valence-corrected chi connectivity index (χ3v) is 6.95. The highest BCUT2D eigenvalue weighted by Gasteiger charge is 2.30. The minimum atomic E-state index is -1.05. The van der Waals surface area contributed by atoms with Crippen LogP contribution in [0.4, 0.5) is 4.79 Å². The molecule has 0 aliphatic heterocycles. The zero-order valence-electron chi connectivity index (χ0n) is 19.6. The van der Waals surface area contributed by atoms with Crippen LogP contribution in [-0.2, 0) is 20.9 Å². The highest BCUT2D eigenvalue weighted by Crippen LogP contribution is 2.44. The van der Waals surface area contributed by atoms with Crippen molar-refractivity contribution in [1.29, 1.82) is 0 Å². The van der Waals surface area contributed by atoms with Gasteiger partial charge in [-0.2, -0.15) is 0 Å². The summed E-state index contributed by atoms with van der Waals surface area (Å²) in [6.45, 7) is 2.25. The van der Waals surface area contributed by atoms with Gasteiger partial charge in [-0.15, -0.1) is 11.3 Å². The molecule has 2 amide bonds. The number of aromatic nitrogens is 1. The number of fused-ring (bicyclic) bond motifs is 3. The fourth-order valence-corrected chi connectivity index (χ4v) is 5.15. The third-order valence-electron chi connectivity index (χ3n) is 6.00. The molecule has 1 aliphatic carbocycles. The van der Waals surface area contributed by atoms with Crippen LogP contribution in [0.2, 0.25) is 0 Å². The van der Waals surface area contributed by atoms with Crippen molar-refractivity contribution in [3.05, 3.63) is 75.7 Å². The van der Waals surface area contributed by atoms with Gasteiger partial charge in [-0.05, 0) is 35.6 Å².